The zero-order valence-electron chi connectivity index (χ0n) is 10.4. The zero-order chi connectivity index (χ0) is 11.3. The van der Waals surface area contributed by atoms with Crippen LogP contribution in [0, 0.1) is 13.8 Å². The first-order chi connectivity index (χ1) is 7.15. The lowest BCUT2D eigenvalue weighted by Gasteiger charge is -2.13. The van der Waals surface area contributed by atoms with Gasteiger partial charge < -0.3 is 5.32 Å². The molecule has 1 aromatic carbocycles. The standard InChI is InChI=1S/C14H23N/c1-5-15-12(3)9-10-14-8-6-7-11(2)13(14)4/h6-8,12,15H,5,9-10H2,1-4H3. The van der Waals surface area contributed by atoms with Crippen molar-refractivity contribution in [3.63, 3.8) is 0 Å². The van der Waals surface area contributed by atoms with Crippen LogP contribution in [0.3, 0.4) is 0 Å². The Morgan fingerprint density at radius 3 is 2.67 bits per heavy atom. The minimum Gasteiger partial charge on any atom is -0.315 e. The summed E-state index contributed by atoms with van der Waals surface area (Å²) in [4.78, 5) is 0. The zero-order valence-corrected chi connectivity index (χ0v) is 10.4. The van der Waals surface area contributed by atoms with E-state index in [1.54, 1.807) is 0 Å². The predicted molar refractivity (Wildman–Crippen MR) is 67.4 cm³/mol. The van der Waals surface area contributed by atoms with Gasteiger partial charge in [0.25, 0.3) is 0 Å². The summed E-state index contributed by atoms with van der Waals surface area (Å²) < 4.78 is 0. The molecule has 1 N–H and O–H groups in total. The van der Waals surface area contributed by atoms with Crippen LogP contribution in [-0.4, -0.2) is 12.6 Å². The van der Waals surface area contributed by atoms with Crippen molar-refractivity contribution in [3.05, 3.63) is 34.9 Å². The molecule has 1 unspecified atom stereocenters. The molecule has 0 radical (unpaired) electrons. The number of nitrogens with one attached hydrogen (secondary N) is 1. The second kappa shape index (κ2) is 5.92. The second-order valence-corrected chi connectivity index (χ2v) is 4.36. The molecule has 0 spiro atoms. The normalized spacial score (nSPS) is 12.8. The van der Waals surface area contributed by atoms with E-state index in [1.165, 1.54) is 29.5 Å². The number of hydrogen-bond donors (Lipinski definition) is 1. The summed E-state index contributed by atoms with van der Waals surface area (Å²) in [5.74, 6) is 0. The first-order valence-electron chi connectivity index (χ1n) is 5.93. The molecule has 0 heterocycles. The van der Waals surface area contributed by atoms with Crippen LogP contribution in [0.4, 0.5) is 0 Å². The summed E-state index contributed by atoms with van der Waals surface area (Å²) in [7, 11) is 0. The highest BCUT2D eigenvalue weighted by Gasteiger charge is 2.03. The molecule has 1 atom stereocenters. The number of aryl methyl sites for hydroxylation is 2. The molecule has 0 aliphatic carbocycles. The van der Waals surface area contributed by atoms with Crippen molar-refractivity contribution in [2.45, 2.75) is 46.6 Å². The van der Waals surface area contributed by atoms with Crippen molar-refractivity contribution < 1.29 is 0 Å². The molecular formula is C14H23N. The van der Waals surface area contributed by atoms with Gasteiger partial charge in [-0.15, -0.1) is 0 Å². The Labute approximate surface area is 93.9 Å². The fourth-order valence-corrected chi connectivity index (χ4v) is 1.91. The SMILES string of the molecule is CCNC(C)CCc1cccc(C)c1C. The van der Waals surface area contributed by atoms with Gasteiger partial charge >= 0.3 is 0 Å². The highest BCUT2D eigenvalue weighted by Crippen LogP contribution is 2.15. The Morgan fingerprint density at radius 1 is 1.27 bits per heavy atom. The minimum atomic E-state index is 0.620. The first-order valence-corrected chi connectivity index (χ1v) is 5.93. The minimum absolute atomic E-state index is 0.620. The van der Waals surface area contributed by atoms with Crippen molar-refractivity contribution in [2.75, 3.05) is 6.54 Å². The van der Waals surface area contributed by atoms with E-state index in [0.717, 1.165) is 6.54 Å². The summed E-state index contributed by atoms with van der Waals surface area (Å²) in [6.45, 7) is 9.89. The van der Waals surface area contributed by atoms with Gasteiger partial charge in [0.1, 0.15) is 0 Å². The Hall–Kier alpha value is -0.820. The summed E-state index contributed by atoms with van der Waals surface area (Å²) in [5, 5.41) is 3.45. The van der Waals surface area contributed by atoms with Gasteiger partial charge in [0.05, 0.1) is 0 Å². The van der Waals surface area contributed by atoms with Gasteiger partial charge in [0.15, 0.2) is 0 Å². The molecule has 0 saturated carbocycles. The third-order valence-corrected chi connectivity index (χ3v) is 3.12. The average molecular weight is 205 g/mol. The van der Waals surface area contributed by atoms with Crippen LogP contribution in [0.2, 0.25) is 0 Å². The van der Waals surface area contributed by atoms with E-state index in [2.05, 4.69) is 51.2 Å². The summed E-state index contributed by atoms with van der Waals surface area (Å²) >= 11 is 0. The maximum absolute atomic E-state index is 3.45. The van der Waals surface area contributed by atoms with E-state index >= 15 is 0 Å². The molecule has 0 aromatic heterocycles. The largest absolute Gasteiger partial charge is 0.315 e. The molecule has 0 aliphatic rings. The fraction of sp³-hybridized carbons (Fsp3) is 0.571. The highest BCUT2D eigenvalue weighted by molar-refractivity contribution is 5.33. The molecule has 1 heteroatoms. The van der Waals surface area contributed by atoms with Crippen molar-refractivity contribution in [2.24, 2.45) is 0 Å². The van der Waals surface area contributed by atoms with Crippen LogP contribution in [-0.2, 0) is 6.42 Å². The Bertz CT molecular complexity index is 304. The molecule has 0 amide bonds. The molecule has 0 aliphatic heterocycles. The Balaban J connectivity index is 2.54. The monoisotopic (exact) mass is 205 g/mol. The van der Waals surface area contributed by atoms with Gasteiger partial charge in [0, 0.05) is 6.04 Å². The third-order valence-electron chi connectivity index (χ3n) is 3.12. The molecule has 84 valence electrons. The summed E-state index contributed by atoms with van der Waals surface area (Å²) in [6.07, 6.45) is 2.40. The number of rotatable bonds is 5. The molecular weight excluding hydrogens is 182 g/mol. The maximum Gasteiger partial charge on any atom is 0.00417 e. The van der Waals surface area contributed by atoms with Gasteiger partial charge in [-0.2, -0.15) is 0 Å². The molecule has 1 nitrogen and oxygen atoms in total. The van der Waals surface area contributed by atoms with E-state index in [1.807, 2.05) is 0 Å². The Kier molecular flexibility index (Phi) is 4.83. The van der Waals surface area contributed by atoms with Gasteiger partial charge in [-0.25, -0.2) is 0 Å². The van der Waals surface area contributed by atoms with Crippen molar-refractivity contribution in [3.8, 4) is 0 Å². The molecule has 0 saturated heterocycles. The number of benzene rings is 1. The lowest BCUT2D eigenvalue weighted by atomic mass is 9.98. The van der Waals surface area contributed by atoms with E-state index in [0.29, 0.717) is 6.04 Å². The predicted octanol–water partition coefficient (Wildman–Crippen LogP) is 3.23. The van der Waals surface area contributed by atoms with Crippen LogP contribution < -0.4 is 5.32 Å². The van der Waals surface area contributed by atoms with Crippen LogP contribution in [0.5, 0.6) is 0 Å². The molecule has 0 fully saturated rings. The smallest absolute Gasteiger partial charge is 0.00417 e. The Morgan fingerprint density at radius 2 is 2.00 bits per heavy atom. The summed E-state index contributed by atoms with van der Waals surface area (Å²) in [6, 6.07) is 7.22. The van der Waals surface area contributed by atoms with E-state index in [4.69, 9.17) is 0 Å². The van der Waals surface area contributed by atoms with Gasteiger partial charge in [-0.05, 0) is 56.8 Å². The quantitative estimate of drug-likeness (QED) is 0.778. The van der Waals surface area contributed by atoms with Crippen molar-refractivity contribution in [1.29, 1.82) is 0 Å². The molecule has 1 rings (SSSR count). The summed E-state index contributed by atoms with van der Waals surface area (Å²) in [5.41, 5.74) is 4.37. The van der Waals surface area contributed by atoms with E-state index < -0.39 is 0 Å². The van der Waals surface area contributed by atoms with Crippen molar-refractivity contribution >= 4 is 0 Å². The van der Waals surface area contributed by atoms with Crippen molar-refractivity contribution in [1.82, 2.24) is 5.32 Å². The van der Waals surface area contributed by atoms with Crippen LogP contribution >= 0.6 is 0 Å². The lowest BCUT2D eigenvalue weighted by molar-refractivity contribution is 0.530. The maximum atomic E-state index is 3.45. The van der Waals surface area contributed by atoms with E-state index in [-0.39, 0.29) is 0 Å². The lowest BCUT2D eigenvalue weighted by Crippen LogP contribution is -2.25. The van der Waals surface area contributed by atoms with E-state index in [9.17, 15) is 0 Å². The van der Waals surface area contributed by atoms with Gasteiger partial charge in [-0.1, -0.05) is 25.1 Å². The number of hydrogen-bond acceptors (Lipinski definition) is 1. The average Bonchev–Trinajstić information content (AvgIpc) is 2.21. The molecule has 1 aromatic rings. The topological polar surface area (TPSA) is 12.0 Å². The van der Waals surface area contributed by atoms with Gasteiger partial charge in [0.2, 0.25) is 0 Å². The van der Waals surface area contributed by atoms with Crippen LogP contribution in [0.15, 0.2) is 18.2 Å². The third kappa shape index (κ3) is 3.67. The molecule has 0 bridgehead atoms. The second-order valence-electron chi connectivity index (χ2n) is 4.36. The van der Waals surface area contributed by atoms with Crippen LogP contribution in [0.25, 0.3) is 0 Å². The van der Waals surface area contributed by atoms with Gasteiger partial charge in [-0.3, -0.25) is 0 Å². The molecule has 15 heavy (non-hydrogen) atoms. The highest BCUT2D eigenvalue weighted by atomic mass is 14.9. The van der Waals surface area contributed by atoms with Crippen LogP contribution in [0.1, 0.15) is 37.0 Å². The first kappa shape index (κ1) is 12.3. The fourth-order valence-electron chi connectivity index (χ4n) is 1.91.